The van der Waals surface area contributed by atoms with Crippen LogP contribution < -0.4 is 5.32 Å². The zero-order chi connectivity index (χ0) is 12.6. The molecule has 3 nitrogen and oxygen atoms in total. The summed E-state index contributed by atoms with van der Waals surface area (Å²) in [5, 5.41) is 3.15. The Labute approximate surface area is 103 Å². The van der Waals surface area contributed by atoms with Gasteiger partial charge in [0.2, 0.25) is 0 Å². The molecule has 16 heavy (non-hydrogen) atoms. The Morgan fingerprint density at radius 3 is 2.44 bits per heavy atom. The van der Waals surface area contributed by atoms with E-state index in [1.165, 1.54) is 0 Å². The fourth-order valence-electron chi connectivity index (χ4n) is 0.993. The van der Waals surface area contributed by atoms with Crippen molar-refractivity contribution in [1.82, 2.24) is 13.9 Å². The minimum atomic E-state index is 0.849. The lowest BCUT2D eigenvalue weighted by Crippen LogP contribution is -2.12. The first kappa shape index (κ1) is 14.9. The van der Waals surface area contributed by atoms with Crippen LogP contribution in [-0.4, -0.2) is 29.8 Å². The third kappa shape index (κ3) is 8.20. The Morgan fingerprint density at radius 2 is 1.94 bits per heavy atom. The molecular formula is C12H21N3S. The highest BCUT2D eigenvalue weighted by Gasteiger charge is 1.94. The van der Waals surface area contributed by atoms with Gasteiger partial charge in [0.25, 0.3) is 0 Å². The molecule has 0 aliphatic carbocycles. The van der Waals surface area contributed by atoms with E-state index in [1.807, 2.05) is 55.0 Å². The molecule has 0 aromatic carbocycles. The number of allylic oxidation sites excluding steroid dienone is 4. The molecule has 0 radical (unpaired) electrons. The van der Waals surface area contributed by atoms with Crippen LogP contribution >= 0.6 is 12.1 Å². The molecule has 0 amide bonds. The van der Waals surface area contributed by atoms with Gasteiger partial charge in [-0.1, -0.05) is 19.2 Å². The fourth-order valence-corrected chi connectivity index (χ4v) is 1.62. The van der Waals surface area contributed by atoms with E-state index in [1.54, 1.807) is 18.2 Å². The van der Waals surface area contributed by atoms with Crippen molar-refractivity contribution in [1.29, 1.82) is 0 Å². The van der Waals surface area contributed by atoms with Crippen LogP contribution in [0.15, 0.2) is 49.0 Å². The van der Waals surface area contributed by atoms with Crippen molar-refractivity contribution in [3.63, 3.8) is 0 Å². The van der Waals surface area contributed by atoms with Crippen LogP contribution in [-0.2, 0) is 0 Å². The summed E-state index contributed by atoms with van der Waals surface area (Å²) in [5.41, 5.74) is 1.87. The summed E-state index contributed by atoms with van der Waals surface area (Å²) in [5.74, 6) is 0. The molecule has 1 N–H and O–H groups in total. The minimum Gasteiger partial charge on any atom is -0.360 e. The van der Waals surface area contributed by atoms with Crippen LogP contribution in [0.2, 0.25) is 0 Å². The molecule has 0 heterocycles. The molecule has 90 valence electrons. The highest BCUT2D eigenvalue weighted by molar-refractivity contribution is 7.94. The van der Waals surface area contributed by atoms with E-state index in [9.17, 15) is 0 Å². The fraction of sp³-hybridized carbons (Fsp3) is 0.333. The first-order valence-corrected chi connectivity index (χ1v) is 5.70. The van der Waals surface area contributed by atoms with Gasteiger partial charge in [0, 0.05) is 36.8 Å². The van der Waals surface area contributed by atoms with E-state index in [0.717, 1.165) is 11.4 Å². The summed E-state index contributed by atoms with van der Waals surface area (Å²) in [6.07, 6.45) is 7.53. The summed E-state index contributed by atoms with van der Waals surface area (Å²) in [6.45, 7) is 9.51. The van der Waals surface area contributed by atoms with E-state index in [4.69, 9.17) is 0 Å². The van der Waals surface area contributed by atoms with Gasteiger partial charge in [0.1, 0.15) is 0 Å². The normalized spacial score (nSPS) is 11.9. The number of rotatable bonds is 7. The van der Waals surface area contributed by atoms with Crippen molar-refractivity contribution >= 4 is 12.1 Å². The van der Waals surface area contributed by atoms with Crippen molar-refractivity contribution in [3.05, 3.63) is 49.0 Å². The average molecular weight is 239 g/mol. The third-order valence-corrected chi connectivity index (χ3v) is 2.21. The van der Waals surface area contributed by atoms with Crippen molar-refractivity contribution in [3.8, 4) is 0 Å². The number of hydrogen-bond donors (Lipinski definition) is 1. The van der Waals surface area contributed by atoms with Crippen LogP contribution in [0.25, 0.3) is 0 Å². The van der Waals surface area contributed by atoms with Crippen molar-refractivity contribution in [2.45, 2.75) is 6.92 Å². The van der Waals surface area contributed by atoms with Gasteiger partial charge < -0.3 is 9.62 Å². The predicted octanol–water partition coefficient (Wildman–Crippen LogP) is 2.75. The lowest BCUT2D eigenvalue weighted by Gasteiger charge is -2.17. The molecule has 4 heteroatoms. The zero-order valence-corrected chi connectivity index (χ0v) is 11.3. The topological polar surface area (TPSA) is 18.5 Å². The summed E-state index contributed by atoms with van der Waals surface area (Å²) in [7, 11) is 5.99. The predicted molar refractivity (Wildman–Crippen MR) is 74.4 cm³/mol. The summed E-state index contributed by atoms with van der Waals surface area (Å²) < 4.78 is 4.02. The maximum absolute atomic E-state index is 3.91. The molecule has 0 saturated heterocycles. The van der Waals surface area contributed by atoms with Crippen molar-refractivity contribution in [2.24, 2.45) is 0 Å². The third-order valence-electron chi connectivity index (χ3n) is 1.50. The van der Waals surface area contributed by atoms with Crippen molar-refractivity contribution < 1.29 is 0 Å². The Hall–Kier alpha value is -1.13. The monoisotopic (exact) mass is 239 g/mol. The van der Waals surface area contributed by atoms with E-state index >= 15 is 0 Å². The van der Waals surface area contributed by atoms with Gasteiger partial charge >= 0.3 is 0 Å². The van der Waals surface area contributed by atoms with Gasteiger partial charge in [-0.25, -0.2) is 4.31 Å². The quantitative estimate of drug-likeness (QED) is 0.543. The molecule has 0 unspecified atom stereocenters. The van der Waals surface area contributed by atoms with Crippen LogP contribution in [0.4, 0.5) is 0 Å². The lowest BCUT2D eigenvalue weighted by atomic mass is 10.4. The molecule has 0 bridgehead atoms. The van der Waals surface area contributed by atoms with Gasteiger partial charge in [-0.15, -0.1) is 0 Å². The molecule has 0 rings (SSSR count). The number of hydrogen-bond acceptors (Lipinski definition) is 4. The largest absolute Gasteiger partial charge is 0.360 e. The van der Waals surface area contributed by atoms with Crippen molar-refractivity contribution in [2.75, 3.05) is 21.1 Å². The first-order chi connectivity index (χ1) is 7.45. The molecule has 0 fully saturated rings. The Kier molecular flexibility index (Phi) is 7.50. The standard InChI is InChI=1S/C12H21N3S/c1-7-8-11(2)13-12(3)9-10-15(6)16-14(4)5/h7-10,13H,1,3H2,2,4-6H3/b10-9-,11-8+. The molecule has 0 aromatic heterocycles. The molecular weight excluding hydrogens is 218 g/mol. The molecule has 0 atom stereocenters. The second-order valence-electron chi connectivity index (χ2n) is 3.49. The van der Waals surface area contributed by atoms with Gasteiger partial charge in [-0.2, -0.15) is 0 Å². The van der Waals surface area contributed by atoms with E-state index in [0.29, 0.717) is 0 Å². The minimum absolute atomic E-state index is 0.849. The summed E-state index contributed by atoms with van der Waals surface area (Å²) in [4.78, 5) is 0. The smallest absolute Gasteiger partial charge is 0.0386 e. The maximum atomic E-state index is 3.91. The first-order valence-electron chi connectivity index (χ1n) is 4.97. The second-order valence-corrected chi connectivity index (χ2v) is 4.96. The number of nitrogens with zero attached hydrogens (tertiary/aromatic N) is 2. The second kappa shape index (κ2) is 8.07. The van der Waals surface area contributed by atoms with E-state index in [2.05, 4.69) is 18.5 Å². The van der Waals surface area contributed by atoms with E-state index in [-0.39, 0.29) is 0 Å². The summed E-state index contributed by atoms with van der Waals surface area (Å²) >= 11 is 1.61. The highest BCUT2D eigenvalue weighted by atomic mass is 32.2. The molecule has 0 aliphatic rings. The van der Waals surface area contributed by atoms with E-state index < -0.39 is 0 Å². The SMILES string of the molecule is C=C/C=C(\C)NC(=C)/C=C\N(C)SN(C)C. The van der Waals surface area contributed by atoms with Gasteiger partial charge in [-0.05, 0) is 33.2 Å². The Bertz CT molecular complexity index is 293. The van der Waals surface area contributed by atoms with Gasteiger partial charge in [0.15, 0.2) is 0 Å². The Morgan fingerprint density at radius 1 is 1.31 bits per heavy atom. The molecule has 0 saturated carbocycles. The van der Waals surface area contributed by atoms with Crippen LogP contribution in [0, 0.1) is 0 Å². The zero-order valence-electron chi connectivity index (χ0n) is 10.5. The lowest BCUT2D eigenvalue weighted by molar-refractivity contribution is 0.644. The molecule has 0 aliphatic heterocycles. The summed E-state index contributed by atoms with van der Waals surface area (Å²) in [6, 6.07) is 0. The van der Waals surface area contributed by atoms with Crippen LogP contribution in [0.3, 0.4) is 0 Å². The highest BCUT2D eigenvalue weighted by Crippen LogP contribution is 2.09. The van der Waals surface area contributed by atoms with Gasteiger partial charge in [0.05, 0.1) is 0 Å². The number of nitrogens with one attached hydrogen (secondary N) is 1. The van der Waals surface area contributed by atoms with Crippen LogP contribution in [0.1, 0.15) is 6.92 Å². The molecule has 0 aromatic rings. The van der Waals surface area contributed by atoms with Gasteiger partial charge in [-0.3, -0.25) is 0 Å². The maximum Gasteiger partial charge on any atom is 0.0386 e. The molecule has 0 spiro atoms. The average Bonchev–Trinajstić information content (AvgIpc) is 2.14. The Balaban J connectivity index is 4.09. The van der Waals surface area contributed by atoms with Crippen LogP contribution in [0.5, 0.6) is 0 Å².